The van der Waals surface area contributed by atoms with Crippen molar-refractivity contribution in [2.24, 2.45) is 0 Å². The molecule has 5 nitrogen and oxygen atoms in total. The Morgan fingerprint density at radius 3 is 2.28 bits per heavy atom. The van der Waals surface area contributed by atoms with E-state index in [1.54, 1.807) is 37.6 Å². The first-order chi connectivity index (χ1) is 13.7. The Hall–Kier alpha value is -3.19. The van der Waals surface area contributed by atoms with Gasteiger partial charge in [0, 0.05) is 10.9 Å². The summed E-state index contributed by atoms with van der Waals surface area (Å²) in [5.74, 6) is -1.01. The SMILES string of the molecule is CC(C)(C)OC(=O)N(c1ccc(F)cc1)c1ccc(O)c(C(=O)c2ccsc2)c1. The molecule has 29 heavy (non-hydrogen) atoms. The van der Waals surface area contributed by atoms with Crippen LogP contribution >= 0.6 is 11.3 Å². The van der Waals surface area contributed by atoms with Gasteiger partial charge >= 0.3 is 6.09 Å². The van der Waals surface area contributed by atoms with Crippen LogP contribution in [-0.2, 0) is 4.74 Å². The molecule has 0 aliphatic carbocycles. The smallest absolute Gasteiger partial charge is 0.419 e. The molecule has 0 unspecified atom stereocenters. The highest BCUT2D eigenvalue weighted by Gasteiger charge is 2.26. The molecular formula is C22H20FNO4S. The van der Waals surface area contributed by atoms with Crippen LogP contribution in [0.25, 0.3) is 0 Å². The first-order valence-corrected chi connectivity index (χ1v) is 9.78. The molecule has 0 aliphatic heterocycles. The Kier molecular flexibility index (Phi) is 5.70. The first-order valence-electron chi connectivity index (χ1n) is 8.84. The summed E-state index contributed by atoms with van der Waals surface area (Å²) < 4.78 is 18.9. The number of ether oxygens (including phenoxy) is 1. The second-order valence-corrected chi connectivity index (χ2v) is 8.11. The maximum atomic E-state index is 13.4. The van der Waals surface area contributed by atoms with Gasteiger partial charge in [-0.25, -0.2) is 14.1 Å². The summed E-state index contributed by atoms with van der Waals surface area (Å²) in [6, 6.07) is 11.2. The molecule has 1 heterocycles. The lowest BCUT2D eigenvalue weighted by Gasteiger charge is -2.28. The third kappa shape index (κ3) is 4.81. The van der Waals surface area contributed by atoms with Gasteiger partial charge in [0.1, 0.15) is 17.2 Å². The average molecular weight is 413 g/mol. The van der Waals surface area contributed by atoms with Gasteiger partial charge in [-0.05, 0) is 74.7 Å². The van der Waals surface area contributed by atoms with Gasteiger partial charge in [-0.2, -0.15) is 11.3 Å². The van der Waals surface area contributed by atoms with E-state index in [0.29, 0.717) is 16.9 Å². The van der Waals surface area contributed by atoms with Crippen molar-refractivity contribution in [2.45, 2.75) is 26.4 Å². The molecule has 2 aromatic carbocycles. The molecule has 3 aromatic rings. The molecule has 0 spiro atoms. The van der Waals surface area contributed by atoms with Gasteiger partial charge in [0.15, 0.2) is 5.78 Å². The summed E-state index contributed by atoms with van der Waals surface area (Å²) in [4.78, 5) is 26.9. The number of nitrogens with zero attached hydrogens (tertiary/aromatic N) is 1. The number of carbonyl (C=O) groups is 2. The Labute approximate surface area is 172 Å². The lowest BCUT2D eigenvalue weighted by Crippen LogP contribution is -2.34. The lowest BCUT2D eigenvalue weighted by atomic mass is 10.0. The van der Waals surface area contributed by atoms with Crippen LogP contribution in [0.2, 0.25) is 0 Å². The summed E-state index contributed by atoms with van der Waals surface area (Å²) in [7, 11) is 0. The molecule has 0 fully saturated rings. The third-order valence-electron chi connectivity index (χ3n) is 3.93. The van der Waals surface area contributed by atoms with E-state index >= 15 is 0 Å². The second-order valence-electron chi connectivity index (χ2n) is 7.33. The number of ketones is 1. The van der Waals surface area contributed by atoms with E-state index in [-0.39, 0.29) is 17.1 Å². The summed E-state index contributed by atoms with van der Waals surface area (Å²) in [5, 5.41) is 13.7. The van der Waals surface area contributed by atoms with Gasteiger partial charge in [-0.3, -0.25) is 4.79 Å². The standard InChI is InChI=1S/C22H20FNO4S/c1-22(2,3)28-21(27)24(16-6-4-15(23)5-7-16)17-8-9-19(25)18(12-17)20(26)14-10-11-29-13-14/h4-13,25H,1-3H3. The molecule has 1 N–H and O–H groups in total. The number of thiophene rings is 1. The van der Waals surface area contributed by atoms with Crippen molar-refractivity contribution in [1.29, 1.82) is 0 Å². The number of carbonyl (C=O) groups excluding carboxylic acids is 2. The fourth-order valence-electron chi connectivity index (χ4n) is 2.65. The normalized spacial score (nSPS) is 11.2. The monoisotopic (exact) mass is 413 g/mol. The van der Waals surface area contributed by atoms with E-state index in [1.807, 2.05) is 0 Å². The number of halogens is 1. The molecule has 0 bridgehead atoms. The largest absolute Gasteiger partial charge is 0.507 e. The van der Waals surface area contributed by atoms with Crippen LogP contribution in [0.4, 0.5) is 20.6 Å². The zero-order valence-corrected chi connectivity index (χ0v) is 17.0. The fraction of sp³-hybridized carbons (Fsp3) is 0.182. The average Bonchev–Trinajstić information content (AvgIpc) is 3.17. The van der Waals surface area contributed by atoms with E-state index in [9.17, 15) is 19.1 Å². The highest BCUT2D eigenvalue weighted by Crippen LogP contribution is 2.32. The van der Waals surface area contributed by atoms with Crippen LogP contribution in [0.1, 0.15) is 36.7 Å². The zero-order chi connectivity index (χ0) is 21.2. The van der Waals surface area contributed by atoms with Gasteiger partial charge < -0.3 is 9.84 Å². The van der Waals surface area contributed by atoms with E-state index in [0.717, 1.165) is 0 Å². The number of amides is 1. The van der Waals surface area contributed by atoms with Gasteiger partial charge in [-0.15, -0.1) is 0 Å². The molecule has 1 aromatic heterocycles. The van der Waals surface area contributed by atoms with E-state index in [2.05, 4.69) is 0 Å². The molecule has 1 amide bonds. The molecule has 0 atom stereocenters. The third-order valence-corrected chi connectivity index (χ3v) is 4.61. The number of anilines is 2. The van der Waals surface area contributed by atoms with Crippen molar-refractivity contribution in [3.63, 3.8) is 0 Å². The van der Waals surface area contributed by atoms with Gasteiger partial charge in [-0.1, -0.05) is 0 Å². The van der Waals surface area contributed by atoms with Gasteiger partial charge in [0.05, 0.1) is 16.9 Å². The molecule has 150 valence electrons. The molecule has 0 saturated carbocycles. The Balaban J connectivity index is 2.08. The minimum Gasteiger partial charge on any atom is -0.507 e. The maximum Gasteiger partial charge on any atom is 0.419 e. The molecule has 0 saturated heterocycles. The summed E-state index contributed by atoms with van der Waals surface area (Å²) >= 11 is 1.37. The van der Waals surface area contributed by atoms with Crippen molar-refractivity contribution >= 4 is 34.6 Å². The van der Waals surface area contributed by atoms with Crippen molar-refractivity contribution < 1.29 is 23.8 Å². The molecule has 0 aliphatic rings. The van der Waals surface area contributed by atoms with Crippen LogP contribution in [0.3, 0.4) is 0 Å². The lowest BCUT2D eigenvalue weighted by molar-refractivity contribution is 0.0598. The van der Waals surface area contributed by atoms with Crippen molar-refractivity contribution in [2.75, 3.05) is 4.90 Å². The van der Waals surface area contributed by atoms with E-state index < -0.39 is 17.5 Å². The van der Waals surface area contributed by atoms with Crippen molar-refractivity contribution in [3.8, 4) is 5.75 Å². The Morgan fingerprint density at radius 1 is 1.03 bits per heavy atom. The fourth-order valence-corrected chi connectivity index (χ4v) is 3.29. The summed E-state index contributed by atoms with van der Waals surface area (Å²) in [6.07, 6.45) is -0.691. The predicted molar refractivity (Wildman–Crippen MR) is 111 cm³/mol. The minimum absolute atomic E-state index is 0.0524. The minimum atomic E-state index is -0.762. The summed E-state index contributed by atoms with van der Waals surface area (Å²) in [5.41, 5.74) is 0.397. The van der Waals surface area contributed by atoms with E-state index in [4.69, 9.17) is 4.74 Å². The van der Waals surface area contributed by atoms with Crippen LogP contribution in [0, 0.1) is 5.82 Å². The first kappa shape index (κ1) is 20.5. The highest BCUT2D eigenvalue weighted by molar-refractivity contribution is 7.08. The summed E-state index contributed by atoms with van der Waals surface area (Å²) in [6.45, 7) is 5.20. The van der Waals surface area contributed by atoms with Crippen LogP contribution in [0.15, 0.2) is 59.3 Å². The Bertz CT molecular complexity index is 1020. The van der Waals surface area contributed by atoms with Crippen LogP contribution in [-0.4, -0.2) is 22.6 Å². The molecular weight excluding hydrogens is 393 g/mol. The van der Waals surface area contributed by atoms with Gasteiger partial charge in [0.25, 0.3) is 0 Å². The highest BCUT2D eigenvalue weighted by atomic mass is 32.1. The Morgan fingerprint density at radius 2 is 1.69 bits per heavy atom. The number of phenols is 1. The van der Waals surface area contributed by atoms with Crippen molar-refractivity contribution in [3.05, 3.63) is 76.2 Å². The number of benzene rings is 2. The number of aromatic hydroxyl groups is 1. The predicted octanol–water partition coefficient (Wildman–Crippen LogP) is 5.90. The van der Waals surface area contributed by atoms with Crippen LogP contribution in [0.5, 0.6) is 5.75 Å². The zero-order valence-electron chi connectivity index (χ0n) is 16.2. The topological polar surface area (TPSA) is 66.8 Å². The molecule has 3 rings (SSSR count). The van der Waals surface area contributed by atoms with E-state index in [1.165, 1.54) is 58.7 Å². The van der Waals surface area contributed by atoms with Gasteiger partial charge in [0.2, 0.25) is 0 Å². The number of rotatable bonds is 4. The molecule has 7 heteroatoms. The quantitative estimate of drug-likeness (QED) is 0.541. The molecule has 0 radical (unpaired) electrons. The number of phenolic OH excluding ortho intramolecular Hbond substituents is 1. The van der Waals surface area contributed by atoms with Crippen molar-refractivity contribution in [1.82, 2.24) is 0 Å². The maximum absolute atomic E-state index is 13.4. The number of hydrogen-bond acceptors (Lipinski definition) is 5. The van der Waals surface area contributed by atoms with Crippen LogP contribution < -0.4 is 4.90 Å². The number of hydrogen-bond donors (Lipinski definition) is 1. The second kappa shape index (κ2) is 8.05.